The fourth-order valence-electron chi connectivity index (χ4n) is 3.42. The molecule has 18 heavy (non-hydrogen) atoms. The van der Waals surface area contributed by atoms with Gasteiger partial charge < -0.3 is 0 Å². The van der Waals surface area contributed by atoms with Crippen LogP contribution in [-0.4, -0.2) is 6.18 Å². The van der Waals surface area contributed by atoms with Crippen molar-refractivity contribution in [2.75, 3.05) is 0 Å². The van der Waals surface area contributed by atoms with Crippen LogP contribution in [0.25, 0.3) is 0 Å². The standard InChI is InChI=1S/C15H27F3/c1-3-5-8-13(9-6-4-2)14(10-7-11-14)12-15(16,17)18/h13H,3-12H2,1-2H3. The molecule has 0 bridgehead atoms. The lowest BCUT2D eigenvalue weighted by Gasteiger charge is -2.49. The molecule has 0 spiro atoms. The molecule has 1 aliphatic carbocycles. The van der Waals surface area contributed by atoms with E-state index in [9.17, 15) is 13.2 Å². The summed E-state index contributed by atoms with van der Waals surface area (Å²) in [4.78, 5) is 0. The second kappa shape index (κ2) is 6.81. The smallest absolute Gasteiger partial charge is 0.171 e. The van der Waals surface area contributed by atoms with Crippen LogP contribution in [0.4, 0.5) is 13.2 Å². The van der Waals surface area contributed by atoms with E-state index in [4.69, 9.17) is 0 Å². The summed E-state index contributed by atoms with van der Waals surface area (Å²) in [6.07, 6.45) is 4.37. The van der Waals surface area contributed by atoms with Crippen molar-refractivity contribution < 1.29 is 13.2 Å². The SMILES string of the molecule is CCCCC(CCCC)C1(CC(F)(F)F)CCC1. The summed E-state index contributed by atoms with van der Waals surface area (Å²) < 4.78 is 38.3. The van der Waals surface area contributed by atoms with Gasteiger partial charge in [0, 0.05) is 6.42 Å². The van der Waals surface area contributed by atoms with Crippen molar-refractivity contribution >= 4 is 0 Å². The van der Waals surface area contributed by atoms with E-state index in [0.29, 0.717) is 5.92 Å². The van der Waals surface area contributed by atoms with Crippen molar-refractivity contribution in [1.29, 1.82) is 0 Å². The second-order valence-corrected chi connectivity index (χ2v) is 5.99. The lowest BCUT2D eigenvalue weighted by Crippen LogP contribution is -2.41. The van der Waals surface area contributed by atoms with Crippen molar-refractivity contribution in [3.05, 3.63) is 0 Å². The maximum absolute atomic E-state index is 12.8. The zero-order valence-electron chi connectivity index (χ0n) is 11.8. The van der Waals surface area contributed by atoms with Crippen LogP contribution >= 0.6 is 0 Å². The van der Waals surface area contributed by atoms with Gasteiger partial charge in [0.05, 0.1) is 0 Å². The number of unbranched alkanes of at least 4 members (excludes halogenated alkanes) is 2. The molecule has 1 rings (SSSR count). The molecule has 1 fully saturated rings. The van der Waals surface area contributed by atoms with Gasteiger partial charge in [0.2, 0.25) is 0 Å². The second-order valence-electron chi connectivity index (χ2n) is 5.99. The van der Waals surface area contributed by atoms with E-state index in [-0.39, 0.29) is 0 Å². The summed E-state index contributed by atoms with van der Waals surface area (Å²) in [7, 11) is 0. The Balaban J connectivity index is 2.65. The first kappa shape index (κ1) is 15.8. The van der Waals surface area contributed by atoms with Crippen LogP contribution in [0.1, 0.15) is 78.1 Å². The molecule has 0 heterocycles. The molecule has 0 radical (unpaired) electrons. The maximum Gasteiger partial charge on any atom is 0.389 e. The largest absolute Gasteiger partial charge is 0.389 e. The first-order valence-corrected chi connectivity index (χ1v) is 7.50. The molecule has 0 unspecified atom stereocenters. The average molecular weight is 264 g/mol. The Morgan fingerprint density at radius 2 is 1.50 bits per heavy atom. The Labute approximate surface area is 109 Å². The zero-order valence-corrected chi connectivity index (χ0v) is 11.8. The van der Waals surface area contributed by atoms with Gasteiger partial charge in [-0.25, -0.2) is 0 Å². The molecule has 0 N–H and O–H groups in total. The molecule has 0 atom stereocenters. The Morgan fingerprint density at radius 3 is 1.78 bits per heavy atom. The summed E-state index contributed by atoms with van der Waals surface area (Å²) >= 11 is 0. The molecule has 0 saturated heterocycles. The molecular weight excluding hydrogens is 237 g/mol. The Morgan fingerprint density at radius 1 is 1.00 bits per heavy atom. The predicted octanol–water partition coefficient (Wildman–Crippen LogP) is 6.11. The molecule has 3 heteroatoms. The molecule has 0 aliphatic heterocycles. The number of rotatable bonds is 8. The van der Waals surface area contributed by atoms with E-state index < -0.39 is 18.0 Å². The minimum atomic E-state index is -3.99. The highest BCUT2D eigenvalue weighted by Crippen LogP contribution is 2.56. The summed E-state index contributed by atoms with van der Waals surface area (Å²) in [5.41, 5.74) is -0.400. The fraction of sp³-hybridized carbons (Fsp3) is 1.00. The van der Waals surface area contributed by atoms with Crippen LogP contribution in [0.5, 0.6) is 0 Å². The molecule has 1 saturated carbocycles. The van der Waals surface area contributed by atoms with Gasteiger partial charge in [0.15, 0.2) is 0 Å². The van der Waals surface area contributed by atoms with Gasteiger partial charge >= 0.3 is 6.18 Å². The quantitative estimate of drug-likeness (QED) is 0.496. The van der Waals surface area contributed by atoms with Gasteiger partial charge in [0.1, 0.15) is 0 Å². The number of hydrogen-bond donors (Lipinski definition) is 0. The highest BCUT2D eigenvalue weighted by Gasteiger charge is 2.49. The fourth-order valence-corrected chi connectivity index (χ4v) is 3.42. The van der Waals surface area contributed by atoms with Crippen molar-refractivity contribution in [2.45, 2.75) is 84.2 Å². The van der Waals surface area contributed by atoms with E-state index in [1.165, 1.54) is 0 Å². The van der Waals surface area contributed by atoms with Gasteiger partial charge in [-0.1, -0.05) is 46.0 Å². The highest BCUT2D eigenvalue weighted by atomic mass is 19.4. The molecule has 0 aromatic heterocycles. The lowest BCUT2D eigenvalue weighted by molar-refractivity contribution is -0.181. The Hall–Kier alpha value is -0.210. The third kappa shape index (κ3) is 4.47. The van der Waals surface area contributed by atoms with Crippen molar-refractivity contribution in [1.82, 2.24) is 0 Å². The molecular formula is C15H27F3. The first-order valence-electron chi connectivity index (χ1n) is 7.50. The highest BCUT2D eigenvalue weighted by molar-refractivity contribution is 4.94. The molecule has 0 aromatic rings. The molecule has 0 nitrogen and oxygen atoms in total. The van der Waals surface area contributed by atoms with Gasteiger partial charge in [-0.15, -0.1) is 0 Å². The number of hydrogen-bond acceptors (Lipinski definition) is 0. The first-order chi connectivity index (χ1) is 8.43. The normalized spacial score (nSPS) is 19.0. The van der Waals surface area contributed by atoms with Crippen LogP contribution in [0.2, 0.25) is 0 Å². The topological polar surface area (TPSA) is 0 Å². The van der Waals surface area contributed by atoms with Gasteiger partial charge in [-0.2, -0.15) is 13.2 Å². The summed E-state index contributed by atoms with van der Waals surface area (Å²) in [6, 6.07) is 0. The molecule has 1 aliphatic rings. The maximum atomic E-state index is 12.8. The zero-order chi connectivity index (χ0) is 13.6. The third-order valence-electron chi connectivity index (χ3n) is 4.58. The van der Waals surface area contributed by atoms with Crippen molar-refractivity contribution in [2.24, 2.45) is 11.3 Å². The average Bonchev–Trinajstić information content (AvgIpc) is 2.23. The number of halogens is 3. The summed E-state index contributed by atoms with van der Waals surface area (Å²) in [5, 5.41) is 0. The lowest BCUT2D eigenvalue weighted by atomic mass is 9.57. The minimum absolute atomic E-state index is 0.299. The summed E-state index contributed by atoms with van der Waals surface area (Å²) in [6.45, 7) is 4.24. The van der Waals surface area contributed by atoms with Crippen LogP contribution in [-0.2, 0) is 0 Å². The van der Waals surface area contributed by atoms with E-state index in [1.807, 2.05) is 0 Å². The molecule has 0 amide bonds. The monoisotopic (exact) mass is 264 g/mol. The molecule has 108 valence electrons. The van der Waals surface area contributed by atoms with E-state index >= 15 is 0 Å². The van der Waals surface area contributed by atoms with Crippen molar-refractivity contribution in [3.63, 3.8) is 0 Å². The van der Waals surface area contributed by atoms with E-state index in [2.05, 4.69) is 13.8 Å². The van der Waals surface area contributed by atoms with Gasteiger partial charge in [-0.3, -0.25) is 0 Å². The van der Waals surface area contributed by atoms with E-state index in [0.717, 1.165) is 57.8 Å². The van der Waals surface area contributed by atoms with Gasteiger partial charge in [-0.05, 0) is 37.0 Å². The number of alkyl halides is 3. The Bertz CT molecular complexity index is 220. The summed E-state index contributed by atoms with van der Waals surface area (Å²) in [5.74, 6) is 0.299. The van der Waals surface area contributed by atoms with Crippen LogP contribution in [0.3, 0.4) is 0 Å². The predicted molar refractivity (Wildman–Crippen MR) is 69.5 cm³/mol. The third-order valence-corrected chi connectivity index (χ3v) is 4.58. The van der Waals surface area contributed by atoms with Crippen LogP contribution in [0.15, 0.2) is 0 Å². The van der Waals surface area contributed by atoms with E-state index in [1.54, 1.807) is 0 Å². The van der Waals surface area contributed by atoms with Crippen LogP contribution in [0, 0.1) is 11.3 Å². The van der Waals surface area contributed by atoms with Crippen LogP contribution < -0.4 is 0 Å². The Kier molecular flexibility index (Phi) is 6.00. The van der Waals surface area contributed by atoms with Crippen molar-refractivity contribution in [3.8, 4) is 0 Å². The molecule has 0 aromatic carbocycles. The van der Waals surface area contributed by atoms with Gasteiger partial charge in [0.25, 0.3) is 0 Å². The minimum Gasteiger partial charge on any atom is -0.171 e.